The number of benzene rings is 1. The number of aryl methyl sites for hydroxylation is 1. The summed E-state index contributed by atoms with van der Waals surface area (Å²) in [6.07, 6.45) is 3.78. The molecule has 24 heavy (non-hydrogen) atoms. The number of aromatic hydroxyl groups is 1. The quantitative estimate of drug-likeness (QED) is 0.615. The van der Waals surface area contributed by atoms with Gasteiger partial charge in [-0.25, -0.2) is 9.36 Å². The molecular weight excluding hydrogens is 308 g/mol. The van der Waals surface area contributed by atoms with Crippen molar-refractivity contribution in [3.63, 3.8) is 0 Å². The van der Waals surface area contributed by atoms with Gasteiger partial charge < -0.3 is 15.2 Å². The molecule has 1 aromatic carbocycles. The van der Waals surface area contributed by atoms with Crippen molar-refractivity contribution >= 4 is 11.9 Å². The van der Waals surface area contributed by atoms with Crippen molar-refractivity contribution in [3.05, 3.63) is 59.9 Å². The number of aromatic nitrogens is 1. The smallest absolute Gasteiger partial charge is 0.328 e. The van der Waals surface area contributed by atoms with Crippen LogP contribution >= 0.6 is 0 Å². The van der Waals surface area contributed by atoms with Crippen LogP contribution in [0.5, 0.6) is 5.75 Å². The highest BCUT2D eigenvalue weighted by atomic mass is 16.5. The molecule has 0 saturated carbocycles. The van der Waals surface area contributed by atoms with E-state index in [9.17, 15) is 14.7 Å². The third kappa shape index (κ3) is 4.81. The van der Waals surface area contributed by atoms with E-state index < -0.39 is 12.0 Å². The van der Waals surface area contributed by atoms with Crippen LogP contribution in [0.3, 0.4) is 0 Å². The molecule has 2 rings (SSSR count). The summed E-state index contributed by atoms with van der Waals surface area (Å²) in [5.41, 5.74) is 1.27. The summed E-state index contributed by atoms with van der Waals surface area (Å²) in [6.45, 7) is 1.95. The van der Waals surface area contributed by atoms with E-state index in [1.165, 1.54) is 12.1 Å². The maximum absolute atomic E-state index is 12.4. The number of pyridine rings is 1. The van der Waals surface area contributed by atoms with Crippen LogP contribution in [0.1, 0.15) is 22.8 Å². The van der Waals surface area contributed by atoms with Gasteiger partial charge in [0, 0.05) is 12.5 Å². The number of amides is 1. The average molecular weight is 329 g/mol. The number of nitrogens with zero attached hydrogens (tertiary/aromatic N) is 1. The standard InChI is InChI=1S/C18H20N2O4/c1-3-24-18(23)16(11-13-6-8-15(21)9-7-13)19-17(22)14-5-4-10-20(2)12-14/h4-10,12,16H,3,11H2,1-2H3,(H-,19,21,22)/p+1. The summed E-state index contributed by atoms with van der Waals surface area (Å²) in [6, 6.07) is 9.12. The Hall–Kier alpha value is -2.89. The molecule has 6 heteroatoms. The van der Waals surface area contributed by atoms with Crippen LogP contribution in [-0.4, -0.2) is 29.6 Å². The third-order valence-electron chi connectivity index (χ3n) is 3.45. The number of esters is 1. The Morgan fingerprint density at radius 3 is 2.58 bits per heavy atom. The van der Waals surface area contributed by atoms with E-state index in [1.807, 2.05) is 13.2 Å². The van der Waals surface area contributed by atoms with E-state index in [2.05, 4.69) is 5.32 Å². The molecule has 0 aliphatic heterocycles. The summed E-state index contributed by atoms with van der Waals surface area (Å²) < 4.78 is 6.81. The van der Waals surface area contributed by atoms with E-state index in [1.54, 1.807) is 42.0 Å². The van der Waals surface area contributed by atoms with Crippen molar-refractivity contribution < 1.29 is 24.0 Å². The zero-order valence-electron chi connectivity index (χ0n) is 13.7. The second-order valence-corrected chi connectivity index (χ2v) is 5.41. The molecule has 1 amide bonds. The summed E-state index contributed by atoms with van der Waals surface area (Å²) in [7, 11) is 1.82. The van der Waals surface area contributed by atoms with Gasteiger partial charge in [-0.15, -0.1) is 0 Å². The molecule has 2 N–H and O–H groups in total. The van der Waals surface area contributed by atoms with Crippen molar-refractivity contribution in [2.75, 3.05) is 6.61 Å². The van der Waals surface area contributed by atoms with Crippen LogP contribution in [0.15, 0.2) is 48.8 Å². The number of rotatable bonds is 6. The van der Waals surface area contributed by atoms with Crippen LogP contribution in [-0.2, 0) is 23.0 Å². The molecule has 1 heterocycles. The summed E-state index contributed by atoms with van der Waals surface area (Å²) in [5.74, 6) is -0.686. The van der Waals surface area contributed by atoms with Gasteiger partial charge in [-0.3, -0.25) is 4.79 Å². The fourth-order valence-electron chi connectivity index (χ4n) is 2.27. The molecule has 0 fully saturated rings. The fraction of sp³-hybridized carbons (Fsp3) is 0.278. The van der Waals surface area contributed by atoms with E-state index in [-0.39, 0.29) is 24.7 Å². The Balaban J connectivity index is 2.15. The van der Waals surface area contributed by atoms with Gasteiger partial charge in [0.2, 0.25) is 0 Å². The van der Waals surface area contributed by atoms with Crippen molar-refractivity contribution in [1.82, 2.24) is 5.32 Å². The van der Waals surface area contributed by atoms with E-state index in [0.717, 1.165) is 5.56 Å². The number of hydrogen-bond acceptors (Lipinski definition) is 4. The first-order valence-corrected chi connectivity index (χ1v) is 7.70. The molecule has 0 bridgehead atoms. The molecule has 1 unspecified atom stereocenters. The van der Waals surface area contributed by atoms with Crippen LogP contribution in [0, 0.1) is 0 Å². The van der Waals surface area contributed by atoms with Crippen LogP contribution < -0.4 is 9.88 Å². The first-order chi connectivity index (χ1) is 11.5. The topological polar surface area (TPSA) is 79.5 Å². The maximum atomic E-state index is 12.4. The van der Waals surface area contributed by atoms with Gasteiger partial charge in [0.05, 0.1) is 6.61 Å². The molecule has 1 aromatic heterocycles. The maximum Gasteiger partial charge on any atom is 0.328 e. The molecule has 0 radical (unpaired) electrons. The number of hydrogen-bond donors (Lipinski definition) is 2. The number of phenolic OH excluding ortho intramolecular Hbond substituents is 1. The Morgan fingerprint density at radius 2 is 1.96 bits per heavy atom. The average Bonchev–Trinajstić information content (AvgIpc) is 2.56. The Bertz CT molecular complexity index is 713. The summed E-state index contributed by atoms with van der Waals surface area (Å²) >= 11 is 0. The number of phenols is 1. The molecular formula is C18H21N2O4+. The lowest BCUT2D eigenvalue weighted by Gasteiger charge is -2.17. The summed E-state index contributed by atoms with van der Waals surface area (Å²) in [4.78, 5) is 24.5. The monoisotopic (exact) mass is 329 g/mol. The van der Waals surface area contributed by atoms with Crippen molar-refractivity contribution in [2.24, 2.45) is 7.05 Å². The molecule has 0 spiro atoms. The highest BCUT2D eigenvalue weighted by Gasteiger charge is 2.24. The van der Waals surface area contributed by atoms with Crippen molar-refractivity contribution in [1.29, 1.82) is 0 Å². The minimum absolute atomic E-state index is 0.146. The Kier molecular flexibility index (Phi) is 5.89. The first-order valence-electron chi connectivity index (χ1n) is 7.70. The van der Waals surface area contributed by atoms with Gasteiger partial charge in [-0.1, -0.05) is 12.1 Å². The van der Waals surface area contributed by atoms with Gasteiger partial charge in [-0.05, 0) is 30.7 Å². The minimum atomic E-state index is -0.799. The molecule has 126 valence electrons. The Labute approximate surface area is 140 Å². The van der Waals surface area contributed by atoms with Crippen molar-refractivity contribution in [3.8, 4) is 5.75 Å². The zero-order valence-corrected chi connectivity index (χ0v) is 13.7. The lowest BCUT2D eigenvalue weighted by molar-refractivity contribution is -0.671. The second-order valence-electron chi connectivity index (χ2n) is 5.41. The van der Waals surface area contributed by atoms with Gasteiger partial charge in [0.15, 0.2) is 12.4 Å². The molecule has 0 aliphatic rings. The van der Waals surface area contributed by atoms with Crippen LogP contribution in [0.4, 0.5) is 0 Å². The largest absolute Gasteiger partial charge is 0.508 e. The SMILES string of the molecule is CCOC(=O)C(Cc1ccc(O)cc1)NC(=O)c1ccc[n+](C)c1. The van der Waals surface area contributed by atoms with Gasteiger partial charge in [0.1, 0.15) is 24.4 Å². The lowest BCUT2D eigenvalue weighted by Crippen LogP contribution is -2.44. The van der Waals surface area contributed by atoms with E-state index in [4.69, 9.17) is 4.74 Å². The predicted molar refractivity (Wildman–Crippen MR) is 87.3 cm³/mol. The zero-order chi connectivity index (χ0) is 17.5. The molecule has 6 nitrogen and oxygen atoms in total. The highest BCUT2D eigenvalue weighted by molar-refractivity contribution is 5.96. The van der Waals surface area contributed by atoms with Gasteiger partial charge in [0.25, 0.3) is 5.91 Å². The van der Waals surface area contributed by atoms with E-state index in [0.29, 0.717) is 5.56 Å². The molecule has 2 aromatic rings. The normalized spacial score (nSPS) is 11.6. The molecule has 0 aliphatic carbocycles. The molecule has 1 atom stereocenters. The van der Waals surface area contributed by atoms with Crippen LogP contribution in [0.25, 0.3) is 0 Å². The number of carbonyl (C=O) groups is 2. The van der Waals surface area contributed by atoms with Crippen molar-refractivity contribution in [2.45, 2.75) is 19.4 Å². The number of nitrogens with one attached hydrogen (secondary N) is 1. The minimum Gasteiger partial charge on any atom is -0.508 e. The fourth-order valence-corrected chi connectivity index (χ4v) is 2.27. The Morgan fingerprint density at radius 1 is 1.25 bits per heavy atom. The third-order valence-corrected chi connectivity index (χ3v) is 3.45. The predicted octanol–water partition coefficient (Wildman–Crippen LogP) is 1.12. The first kappa shape index (κ1) is 17.5. The molecule has 0 saturated heterocycles. The second kappa shape index (κ2) is 8.10. The number of carbonyl (C=O) groups excluding carboxylic acids is 2. The lowest BCUT2D eigenvalue weighted by atomic mass is 10.1. The summed E-state index contributed by atoms with van der Waals surface area (Å²) in [5, 5.41) is 12.1. The van der Waals surface area contributed by atoms with Gasteiger partial charge in [-0.2, -0.15) is 0 Å². The highest BCUT2D eigenvalue weighted by Crippen LogP contribution is 2.12. The van der Waals surface area contributed by atoms with Gasteiger partial charge >= 0.3 is 5.97 Å². The number of ether oxygens (including phenoxy) is 1. The van der Waals surface area contributed by atoms with E-state index >= 15 is 0 Å². The van der Waals surface area contributed by atoms with Crippen LogP contribution in [0.2, 0.25) is 0 Å².